The van der Waals surface area contributed by atoms with Gasteiger partial charge in [-0.1, -0.05) is 29.8 Å². The zero-order valence-corrected chi connectivity index (χ0v) is 12.5. The third-order valence-electron chi connectivity index (χ3n) is 2.91. The predicted molar refractivity (Wildman–Crippen MR) is 84.7 cm³/mol. The van der Waals surface area contributed by atoms with Crippen molar-refractivity contribution in [2.75, 3.05) is 5.32 Å². The standard InChI is InChI=1S/C17H21N3/c1-12-7-9-13(10-8-12)15(18)14-6-5-11-19-16(14)20-17(2,3)4/h5-11,18H,1-4H3,(H,19,20). The Hall–Kier alpha value is -2.16. The van der Waals surface area contributed by atoms with Gasteiger partial charge in [0.15, 0.2) is 0 Å². The molecule has 1 aromatic carbocycles. The molecule has 3 nitrogen and oxygen atoms in total. The van der Waals surface area contributed by atoms with Gasteiger partial charge in [0.05, 0.1) is 5.71 Å². The molecular weight excluding hydrogens is 246 g/mol. The molecule has 0 unspecified atom stereocenters. The van der Waals surface area contributed by atoms with Crippen LogP contribution in [0.4, 0.5) is 5.82 Å². The molecule has 0 aliphatic heterocycles. The lowest BCUT2D eigenvalue weighted by Crippen LogP contribution is -2.28. The Morgan fingerprint density at radius 1 is 1.10 bits per heavy atom. The summed E-state index contributed by atoms with van der Waals surface area (Å²) in [6.45, 7) is 8.30. The van der Waals surface area contributed by atoms with Gasteiger partial charge in [0.2, 0.25) is 0 Å². The number of nitrogens with one attached hydrogen (secondary N) is 2. The van der Waals surface area contributed by atoms with Crippen LogP contribution >= 0.6 is 0 Å². The molecule has 0 amide bonds. The molecule has 0 saturated carbocycles. The summed E-state index contributed by atoms with van der Waals surface area (Å²) in [6.07, 6.45) is 1.75. The molecule has 0 aliphatic carbocycles. The molecule has 0 atom stereocenters. The summed E-state index contributed by atoms with van der Waals surface area (Å²) in [5.41, 5.74) is 3.33. The van der Waals surface area contributed by atoms with Crippen LogP contribution in [-0.4, -0.2) is 16.2 Å². The molecule has 0 spiro atoms. The molecule has 0 bridgehead atoms. The van der Waals surface area contributed by atoms with Crippen LogP contribution in [0.5, 0.6) is 0 Å². The van der Waals surface area contributed by atoms with E-state index in [4.69, 9.17) is 5.41 Å². The smallest absolute Gasteiger partial charge is 0.135 e. The lowest BCUT2D eigenvalue weighted by atomic mass is 10.0. The zero-order valence-electron chi connectivity index (χ0n) is 12.5. The Bertz CT molecular complexity index is 607. The summed E-state index contributed by atoms with van der Waals surface area (Å²) in [4.78, 5) is 4.38. The van der Waals surface area contributed by atoms with E-state index < -0.39 is 0 Å². The molecule has 104 valence electrons. The van der Waals surface area contributed by atoms with Crippen molar-refractivity contribution < 1.29 is 0 Å². The third kappa shape index (κ3) is 3.44. The Balaban J connectivity index is 2.37. The number of nitrogens with zero attached hydrogens (tertiary/aromatic N) is 1. The van der Waals surface area contributed by atoms with Crippen LogP contribution in [0.25, 0.3) is 0 Å². The Morgan fingerprint density at radius 3 is 2.35 bits per heavy atom. The minimum absolute atomic E-state index is 0.0866. The number of rotatable bonds is 3. The molecule has 0 saturated heterocycles. The Morgan fingerprint density at radius 2 is 1.75 bits per heavy atom. The van der Waals surface area contributed by atoms with E-state index in [1.54, 1.807) is 6.20 Å². The third-order valence-corrected chi connectivity index (χ3v) is 2.91. The predicted octanol–water partition coefficient (Wildman–Crippen LogP) is 4.02. The first-order chi connectivity index (χ1) is 9.37. The van der Waals surface area contributed by atoms with Gasteiger partial charge in [-0.15, -0.1) is 0 Å². The summed E-state index contributed by atoms with van der Waals surface area (Å²) in [5, 5.41) is 11.8. The molecule has 2 N–H and O–H groups in total. The number of anilines is 1. The molecule has 0 radical (unpaired) electrons. The lowest BCUT2D eigenvalue weighted by Gasteiger charge is -2.23. The van der Waals surface area contributed by atoms with Crippen molar-refractivity contribution in [3.05, 3.63) is 59.3 Å². The number of aryl methyl sites for hydroxylation is 1. The van der Waals surface area contributed by atoms with E-state index in [1.807, 2.05) is 43.3 Å². The van der Waals surface area contributed by atoms with Crippen LogP contribution in [0.3, 0.4) is 0 Å². The van der Waals surface area contributed by atoms with Gasteiger partial charge < -0.3 is 5.32 Å². The van der Waals surface area contributed by atoms with Crippen LogP contribution in [0.2, 0.25) is 0 Å². The summed E-state index contributed by atoms with van der Waals surface area (Å²) in [6, 6.07) is 11.8. The van der Waals surface area contributed by atoms with Crippen LogP contribution < -0.4 is 5.32 Å². The summed E-state index contributed by atoms with van der Waals surface area (Å²) < 4.78 is 0. The monoisotopic (exact) mass is 267 g/mol. The maximum Gasteiger partial charge on any atom is 0.135 e. The number of hydrogen-bond donors (Lipinski definition) is 2. The average molecular weight is 267 g/mol. The van der Waals surface area contributed by atoms with Crippen molar-refractivity contribution in [1.82, 2.24) is 4.98 Å². The maximum absolute atomic E-state index is 8.41. The highest BCUT2D eigenvalue weighted by molar-refractivity contribution is 6.13. The SMILES string of the molecule is Cc1ccc(C(=N)c2cccnc2NC(C)(C)C)cc1. The van der Waals surface area contributed by atoms with Gasteiger partial charge in [0.25, 0.3) is 0 Å². The fourth-order valence-electron chi connectivity index (χ4n) is 1.94. The minimum atomic E-state index is -0.0866. The maximum atomic E-state index is 8.41. The summed E-state index contributed by atoms with van der Waals surface area (Å²) in [7, 11) is 0. The molecule has 0 aliphatic rings. The highest BCUT2D eigenvalue weighted by Crippen LogP contribution is 2.20. The first kappa shape index (κ1) is 14.3. The number of pyridine rings is 1. The van der Waals surface area contributed by atoms with E-state index in [1.165, 1.54) is 5.56 Å². The molecule has 0 fully saturated rings. The quantitative estimate of drug-likeness (QED) is 0.825. The van der Waals surface area contributed by atoms with Gasteiger partial charge in [-0.2, -0.15) is 0 Å². The summed E-state index contributed by atoms with van der Waals surface area (Å²) >= 11 is 0. The Kier molecular flexibility index (Phi) is 3.89. The van der Waals surface area contributed by atoms with E-state index in [9.17, 15) is 0 Å². The molecule has 1 aromatic heterocycles. The average Bonchev–Trinajstić information content (AvgIpc) is 2.37. The van der Waals surface area contributed by atoms with Crippen LogP contribution in [0.15, 0.2) is 42.6 Å². The van der Waals surface area contributed by atoms with Crippen LogP contribution in [-0.2, 0) is 0 Å². The van der Waals surface area contributed by atoms with Gasteiger partial charge in [-0.3, -0.25) is 5.41 Å². The second kappa shape index (κ2) is 5.45. The van der Waals surface area contributed by atoms with Crippen molar-refractivity contribution in [2.45, 2.75) is 33.2 Å². The highest BCUT2D eigenvalue weighted by atomic mass is 15.0. The van der Waals surface area contributed by atoms with Crippen molar-refractivity contribution in [3.8, 4) is 0 Å². The van der Waals surface area contributed by atoms with Gasteiger partial charge >= 0.3 is 0 Å². The van der Waals surface area contributed by atoms with E-state index >= 15 is 0 Å². The topological polar surface area (TPSA) is 48.8 Å². The number of hydrogen-bond acceptors (Lipinski definition) is 3. The first-order valence-corrected chi connectivity index (χ1v) is 6.76. The van der Waals surface area contributed by atoms with Crippen molar-refractivity contribution in [1.29, 1.82) is 5.41 Å². The molecule has 2 aromatic rings. The largest absolute Gasteiger partial charge is 0.365 e. The van der Waals surface area contributed by atoms with E-state index in [0.717, 1.165) is 16.9 Å². The fourth-order valence-corrected chi connectivity index (χ4v) is 1.94. The molecule has 2 rings (SSSR count). The van der Waals surface area contributed by atoms with Crippen molar-refractivity contribution >= 4 is 11.5 Å². The van der Waals surface area contributed by atoms with Crippen LogP contribution in [0, 0.1) is 12.3 Å². The van der Waals surface area contributed by atoms with E-state index in [2.05, 4.69) is 31.1 Å². The first-order valence-electron chi connectivity index (χ1n) is 6.76. The normalized spacial score (nSPS) is 11.2. The fraction of sp³-hybridized carbons (Fsp3) is 0.294. The van der Waals surface area contributed by atoms with Crippen molar-refractivity contribution in [2.24, 2.45) is 0 Å². The van der Waals surface area contributed by atoms with Gasteiger partial charge in [-0.25, -0.2) is 4.98 Å². The second-order valence-electron chi connectivity index (χ2n) is 6.02. The molecule has 1 heterocycles. The van der Waals surface area contributed by atoms with Gasteiger partial charge in [0.1, 0.15) is 5.82 Å². The molecule has 3 heteroatoms. The van der Waals surface area contributed by atoms with E-state index in [-0.39, 0.29) is 5.54 Å². The second-order valence-corrected chi connectivity index (χ2v) is 6.02. The molecule has 20 heavy (non-hydrogen) atoms. The molecular formula is C17H21N3. The summed E-state index contributed by atoms with van der Waals surface area (Å²) in [5.74, 6) is 0.755. The van der Waals surface area contributed by atoms with Gasteiger partial charge in [-0.05, 0) is 39.8 Å². The van der Waals surface area contributed by atoms with E-state index in [0.29, 0.717) is 5.71 Å². The van der Waals surface area contributed by atoms with Crippen LogP contribution in [0.1, 0.15) is 37.5 Å². The van der Waals surface area contributed by atoms with Crippen molar-refractivity contribution in [3.63, 3.8) is 0 Å². The minimum Gasteiger partial charge on any atom is -0.365 e. The zero-order chi connectivity index (χ0) is 14.8. The van der Waals surface area contributed by atoms with Gasteiger partial charge in [0, 0.05) is 22.9 Å². The number of aromatic nitrogens is 1. The number of benzene rings is 1. The Labute approximate surface area is 120 Å². The highest BCUT2D eigenvalue weighted by Gasteiger charge is 2.16. The lowest BCUT2D eigenvalue weighted by molar-refractivity contribution is 0.630.